The molecule has 1 saturated heterocycles. The number of aliphatic imine (C=N–C) groups is 2. The number of nitrogens with zero attached hydrogens (tertiary/aromatic N) is 5. The topological polar surface area (TPSA) is 97.2 Å². The van der Waals surface area contributed by atoms with Crippen molar-refractivity contribution in [1.82, 2.24) is 0 Å². The van der Waals surface area contributed by atoms with Gasteiger partial charge in [0.2, 0.25) is 0 Å². The van der Waals surface area contributed by atoms with Gasteiger partial charge in [-0.25, -0.2) is 9.98 Å². The van der Waals surface area contributed by atoms with Gasteiger partial charge in [0.15, 0.2) is 5.17 Å². The smallest absolute Gasteiger partial charge is 0.497 e. The van der Waals surface area contributed by atoms with Gasteiger partial charge in [-0.3, -0.25) is 0 Å². The van der Waals surface area contributed by atoms with Crippen molar-refractivity contribution in [2.75, 3.05) is 24.3 Å². The number of nitrogens with two attached hydrogens (primary N) is 1. The Balaban J connectivity index is 1.40. The summed E-state index contributed by atoms with van der Waals surface area (Å²) in [5.41, 5.74) is 11.3. The van der Waals surface area contributed by atoms with Crippen molar-refractivity contribution < 1.29 is 22.6 Å². The zero-order valence-electron chi connectivity index (χ0n) is 22.7. The second-order valence-electron chi connectivity index (χ2n) is 9.01. The van der Waals surface area contributed by atoms with Gasteiger partial charge in [-0.1, -0.05) is 36.0 Å². The Hall–Kier alpha value is -4.32. The van der Waals surface area contributed by atoms with Crippen LogP contribution in [0.4, 0.5) is 24.5 Å². The van der Waals surface area contributed by atoms with Gasteiger partial charge in [0, 0.05) is 23.5 Å². The van der Waals surface area contributed by atoms with E-state index >= 15 is 0 Å². The molecule has 1 aliphatic rings. The molecular weight excluding hydrogens is 553 g/mol. The van der Waals surface area contributed by atoms with Gasteiger partial charge in [-0.05, 0) is 73.4 Å². The van der Waals surface area contributed by atoms with E-state index in [0.29, 0.717) is 11.3 Å². The third kappa shape index (κ3) is 8.34. The van der Waals surface area contributed by atoms with E-state index < -0.39 is 6.36 Å². The number of methoxy groups -OCH3 is 1. The van der Waals surface area contributed by atoms with Gasteiger partial charge in [0.05, 0.1) is 19.0 Å². The van der Waals surface area contributed by atoms with Crippen LogP contribution in [0.15, 0.2) is 80.9 Å². The first-order valence-electron chi connectivity index (χ1n) is 12.6. The van der Waals surface area contributed by atoms with Gasteiger partial charge in [0.25, 0.3) is 0 Å². The zero-order valence-corrected chi connectivity index (χ0v) is 23.5. The van der Waals surface area contributed by atoms with Crippen molar-refractivity contribution in [3.8, 4) is 11.5 Å². The van der Waals surface area contributed by atoms with Crippen LogP contribution in [0.3, 0.4) is 0 Å². The fraction of sp³-hybridized carbons (Fsp3) is 0.241. The number of aryl methyl sites for hydroxylation is 2. The van der Waals surface area contributed by atoms with E-state index in [-0.39, 0.29) is 11.6 Å². The highest BCUT2D eigenvalue weighted by molar-refractivity contribution is 8.14. The Kier molecular flexibility index (Phi) is 9.66. The van der Waals surface area contributed by atoms with E-state index in [1.165, 1.54) is 30.6 Å². The molecule has 214 valence electrons. The molecule has 0 aliphatic carbocycles. The van der Waals surface area contributed by atoms with E-state index in [4.69, 9.17) is 10.5 Å². The average molecular weight is 583 g/mol. The van der Waals surface area contributed by atoms with Gasteiger partial charge >= 0.3 is 6.36 Å². The molecule has 0 saturated carbocycles. The molecule has 1 fully saturated rings. The number of hydrogen-bond donors (Lipinski definition) is 1. The normalized spacial score (nSPS) is 15.7. The molecule has 0 amide bonds. The highest BCUT2D eigenvalue weighted by Crippen LogP contribution is 2.33. The molecule has 3 aromatic carbocycles. The van der Waals surface area contributed by atoms with Crippen LogP contribution < -0.4 is 20.1 Å². The molecule has 3 aromatic rings. The number of rotatable bonds is 8. The number of anilines is 1. The van der Waals surface area contributed by atoms with E-state index in [0.717, 1.165) is 52.0 Å². The standard InChI is InChI=1S/C29H29F3N6O2S/c1-19-15-25(39-3)16-20(2)26(19)38-13-4-14-41-28(38)37-36-17-21-5-7-22(8-6-21)27(33)35-18-34-23-9-11-24(12-10-23)40-29(30,31)32/h5-12,15-18H,4,13-14H2,1-3H3,(H2,33,34,35)/b36-17+,37-28-. The van der Waals surface area contributed by atoms with Gasteiger partial charge < -0.3 is 20.1 Å². The number of hydrogen-bond acceptors (Lipinski definition) is 6. The molecule has 0 radical (unpaired) electrons. The largest absolute Gasteiger partial charge is 0.573 e. The minimum absolute atomic E-state index is 0.231. The minimum atomic E-state index is -4.75. The first-order valence-corrected chi connectivity index (χ1v) is 13.6. The van der Waals surface area contributed by atoms with Crippen LogP contribution in [0.2, 0.25) is 0 Å². The Morgan fingerprint density at radius 2 is 1.68 bits per heavy atom. The molecule has 12 heteroatoms. The first kappa shape index (κ1) is 29.7. The summed E-state index contributed by atoms with van der Waals surface area (Å²) in [6.07, 6.45) is -0.777. The van der Waals surface area contributed by atoms with Crippen LogP contribution in [0.25, 0.3) is 0 Å². The molecular formula is C29H29F3N6O2S. The monoisotopic (exact) mass is 582 g/mol. The quantitative estimate of drug-likeness (QED) is 0.183. The van der Waals surface area contributed by atoms with Crippen LogP contribution in [-0.4, -0.2) is 49.3 Å². The van der Waals surface area contributed by atoms with Crippen LogP contribution in [0.5, 0.6) is 11.5 Å². The molecule has 8 nitrogen and oxygen atoms in total. The van der Waals surface area contributed by atoms with E-state index in [1.807, 2.05) is 24.3 Å². The highest BCUT2D eigenvalue weighted by atomic mass is 32.2. The van der Waals surface area contributed by atoms with Crippen molar-refractivity contribution in [1.29, 1.82) is 0 Å². The summed E-state index contributed by atoms with van der Waals surface area (Å²) < 4.78 is 46.1. The third-order valence-electron chi connectivity index (χ3n) is 5.99. The Labute approximate surface area is 240 Å². The molecule has 4 rings (SSSR count). The summed E-state index contributed by atoms with van der Waals surface area (Å²) in [7, 11) is 1.67. The minimum Gasteiger partial charge on any atom is -0.497 e. The first-order chi connectivity index (χ1) is 19.6. The average Bonchev–Trinajstić information content (AvgIpc) is 2.94. The Morgan fingerprint density at radius 1 is 1.00 bits per heavy atom. The second-order valence-corrected chi connectivity index (χ2v) is 10.1. The summed E-state index contributed by atoms with van der Waals surface area (Å²) in [6.45, 7) is 5.01. The number of benzene rings is 3. The number of halogens is 3. The lowest BCUT2D eigenvalue weighted by molar-refractivity contribution is -0.274. The SMILES string of the molecule is COc1cc(C)c(N2CCCS/C2=N\N=C\c2ccc(C(N)=NC=Nc3ccc(OC(F)(F)F)cc3)cc2)c(C)c1. The lowest BCUT2D eigenvalue weighted by Gasteiger charge is -2.31. The van der Waals surface area contributed by atoms with Crippen molar-refractivity contribution in [3.63, 3.8) is 0 Å². The Morgan fingerprint density at radius 3 is 2.32 bits per heavy atom. The molecule has 0 bridgehead atoms. The Bertz CT molecular complexity index is 1450. The molecule has 1 aliphatic heterocycles. The van der Waals surface area contributed by atoms with Crippen molar-refractivity contribution in [2.24, 2.45) is 25.9 Å². The fourth-order valence-corrected chi connectivity index (χ4v) is 5.06. The summed E-state index contributed by atoms with van der Waals surface area (Å²) in [4.78, 5) is 10.4. The molecule has 0 spiro atoms. The highest BCUT2D eigenvalue weighted by Gasteiger charge is 2.31. The number of alkyl halides is 3. The van der Waals surface area contributed by atoms with Crippen LogP contribution in [0.1, 0.15) is 28.7 Å². The summed E-state index contributed by atoms with van der Waals surface area (Å²) >= 11 is 1.68. The van der Waals surface area contributed by atoms with Crippen LogP contribution >= 0.6 is 11.8 Å². The van der Waals surface area contributed by atoms with Gasteiger partial charge in [-0.2, -0.15) is 5.10 Å². The van der Waals surface area contributed by atoms with Gasteiger partial charge in [0.1, 0.15) is 23.7 Å². The molecule has 0 atom stereocenters. The molecule has 0 unspecified atom stereocenters. The fourth-order valence-electron chi connectivity index (χ4n) is 4.16. The molecule has 41 heavy (non-hydrogen) atoms. The third-order valence-corrected chi connectivity index (χ3v) is 7.04. The second kappa shape index (κ2) is 13.4. The van der Waals surface area contributed by atoms with Crippen molar-refractivity contribution >= 4 is 46.7 Å². The molecule has 1 heterocycles. The maximum Gasteiger partial charge on any atom is 0.573 e. The van der Waals surface area contributed by atoms with Gasteiger partial charge in [-0.15, -0.1) is 18.3 Å². The summed E-state index contributed by atoms with van der Waals surface area (Å²) in [5.74, 6) is 1.72. The van der Waals surface area contributed by atoms with E-state index in [9.17, 15) is 13.2 Å². The maximum absolute atomic E-state index is 12.3. The van der Waals surface area contributed by atoms with Crippen LogP contribution in [-0.2, 0) is 0 Å². The molecule has 2 N–H and O–H groups in total. The van der Waals surface area contributed by atoms with Crippen LogP contribution in [0, 0.1) is 13.8 Å². The zero-order chi connectivity index (χ0) is 29.4. The predicted octanol–water partition coefficient (Wildman–Crippen LogP) is 6.61. The van der Waals surface area contributed by atoms with E-state index in [1.54, 1.807) is 37.2 Å². The predicted molar refractivity (Wildman–Crippen MR) is 160 cm³/mol. The van der Waals surface area contributed by atoms with Crippen molar-refractivity contribution in [2.45, 2.75) is 26.6 Å². The number of amidine groups is 2. The van der Waals surface area contributed by atoms with E-state index in [2.05, 4.69) is 43.7 Å². The lowest BCUT2D eigenvalue weighted by Crippen LogP contribution is -2.35. The number of ether oxygens (including phenoxy) is 2. The summed E-state index contributed by atoms with van der Waals surface area (Å²) in [6, 6.07) is 16.5. The maximum atomic E-state index is 12.3. The lowest BCUT2D eigenvalue weighted by atomic mass is 10.1. The summed E-state index contributed by atoms with van der Waals surface area (Å²) in [5, 5.41) is 9.71. The number of thioether (sulfide) groups is 1. The van der Waals surface area contributed by atoms with Crippen molar-refractivity contribution in [3.05, 3.63) is 82.9 Å². The molecule has 0 aromatic heterocycles.